The van der Waals surface area contributed by atoms with Crippen molar-refractivity contribution in [2.45, 2.75) is 0 Å². The van der Waals surface area contributed by atoms with E-state index in [-0.39, 0.29) is 26.1 Å². The molecule has 0 aromatic heterocycles. The lowest BCUT2D eigenvalue weighted by molar-refractivity contribution is -0.130. The summed E-state index contributed by atoms with van der Waals surface area (Å²) >= 11 is 12.3. The van der Waals surface area contributed by atoms with Gasteiger partial charge in [0, 0.05) is 15.6 Å². The predicted octanol–water partition coefficient (Wildman–Crippen LogP) is 3.17. The fraction of sp³-hybridized carbons (Fsp3) is 0.0667. The van der Waals surface area contributed by atoms with Gasteiger partial charge in [0.15, 0.2) is 0 Å². The van der Waals surface area contributed by atoms with Crippen molar-refractivity contribution in [3.63, 3.8) is 0 Å². The van der Waals surface area contributed by atoms with Crippen molar-refractivity contribution in [2.75, 3.05) is 0 Å². The number of hydrogen-bond donors (Lipinski definition) is 1. The summed E-state index contributed by atoms with van der Waals surface area (Å²) in [4.78, 5) is 11.6. The standard InChI is InChI=1S/C15H10Cl2O4S/c16-11-7-3-1-5-9(11)13(15(18)19)14(17)10-6-2-4-8-12(10)22(20)21/h1-8,10H,(H,18,19). The molecule has 0 aliphatic heterocycles. The van der Waals surface area contributed by atoms with Gasteiger partial charge in [0.1, 0.15) is 0 Å². The Balaban J connectivity index is 2.70. The fourth-order valence-corrected chi connectivity index (χ4v) is 3.32. The molecule has 22 heavy (non-hydrogen) atoms. The average molecular weight is 357 g/mol. The minimum Gasteiger partial charge on any atom is -0.478 e. The lowest BCUT2D eigenvalue weighted by atomic mass is 9.94. The number of carboxylic acid groups (broad SMARTS) is 1. The third-order valence-corrected chi connectivity index (χ3v) is 4.57. The number of hydrogen-bond acceptors (Lipinski definition) is 3. The third-order valence-electron chi connectivity index (χ3n) is 3.04. The SMILES string of the molecule is O=C(O)C(=C(Cl)C1C=CC=CC1=S(=O)=O)c1ccccc1Cl. The molecule has 0 spiro atoms. The first-order valence-electron chi connectivity index (χ1n) is 6.12. The van der Waals surface area contributed by atoms with Gasteiger partial charge < -0.3 is 5.11 Å². The summed E-state index contributed by atoms with van der Waals surface area (Å²) in [5, 5.41) is 9.58. The molecule has 0 amide bonds. The van der Waals surface area contributed by atoms with Crippen LogP contribution in [0.2, 0.25) is 5.02 Å². The van der Waals surface area contributed by atoms with Gasteiger partial charge in [-0.05, 0) is 12.1 Å². The van der Waals surface area contributed by atoms with E-state index in [0.717, 1.165) is 0 Å². The lowest BCUT2D eigenvalue weighted by Gasteiger charge is -2.16. The quantitative estimate of drug-likeness (QED) is 0.666. The zero-order valence-electron chi connectivity index (χ0n) is 11.0. The molecule has 0 saturated heterocycles. The zero-order valence-corrected chi connectivity index (χ0v) is 13.4. The molecule has 0 fully saturated rings. The fourth-order valence-electron chi connectivity index (χ4n) is 2.06. The van der Waals surface area contributed by atoms with E-state index >= 15 is 0 Å². The van der Waals surface area contributed by atoms with Crippen molar-refractivity contribution in [3.8, 4) is 0 Å². The highest BCUT2D eigenvalue weighted by Crippen LogP contribution is 2.33. The molecule has 1 aromatic carbocycles. The second kappa shape index (κ2) is 6.96. The zero-order chi connectivity index (χ0) is 16.3. The molecule has 1 aliphatic carbocycles. The Hall–Kier alpha value is -1.82. The van der Waals surface area contributed by atoms with E-state index in [4.69, 9.17) is 23.2 Å². The first-order chi connectivity index (χ1) is 10.4. The molecule has 1 atom stereocenters. The molecule has 1 N–H and O–H groups in total. The van der Waals surface area contributed by atoms with Crippen molar-refractivity contribution in [1.29, 1.82) is 0 Å². The summed E-state index contributed by atoms with van der Waals surface area (Å²) in [5.41, 5.74) is 0.0146. The molecule has 0 radical (unpaired) electrons. The van der Waals surface area contributed by atoms with E-state index in [2.05, 4.69) is 0 Å². The maximum absolute atomic E-state index is 11.6. The van der Waals surface area contributed by atoms with Crippen LogP contribution in [0.1, 0.15) is 5.56 Å². The third kappa shape index (κ3) is 3.32. The van der Waals surface area contributed by atoms with Crippen LogP contribution in [0.15, 0.2) is 53.6 Å². The molecule has 2 rings (SSSR count). The van der Waals surface area contributed by atoms with E-state index < -0.39 is 22.2 Å². The van der Waals surface area contributed by atoms with Crippen LogP contribution in [-0.4, -0.2) is 24.4 Å². The van der Waals surface area contributed by atoms with Gasteiger partial charge >= 0.3 is 5.97 Å². The summed E-state index contributed by atoms with van der Waals surface area (Å²) < 4.78 is 22.6. The van der Waals surface area contributed by atoms with Crippen molar-refractivity contribution in [1.82, 2.24) is 0 Å². The summed E-state index contributed by atoms with van der Waals surface area (Å²) in [6.07, 6.45) is 6.05. The van der Waals surface area contributed by atoms with Crippen LogP contribution in [0.3, 0.4) is 0 Å². The molecule has 1 aliphatic rings. The Morgan fingerprint density at radius 2 is 1.86 bits per heavy atom. The predicted molar refractivity (Wildman–Crippen MR) is 87.6 cm³/mol. The maximum Gasteiger partial charge on any atom is 0.337 e. The highest BCUT2D eigenvalue weighted by Gasteiger charge is 2.26. The van der Waals surface area contributed by atoms with Crippen LogP contribution in [0.25, 0.3) is 5.57 Å². The number of carboxylic acids is 1. The van der Waals surface area contributed by atoms with Crippen LogP contribution in [-0.2, 0) is 15.1 Å². The van der Waals surface area contributed by atoms with E-state index in [1.807, 2.05) is 0 Å². The van der Waals surface area contributed by atoms with Crippen LogP contribution in [0, 0.1) is 5.92 Å². The van der Waals surface area contributed by atoms with E-state index in [0.29, 0.717) is 0 Å². The number of allylic oxidation sites excluding steroid dienone is 5. The van der Waals surface area contributed by atoms with Crippen LogP contribution >= 0.6 is 23.2 Å². The van der Waals surface area contributed by atoms with Crippen LogP contribution in [0.4, 0.5) is 0 Å². The molecular formula is C15H10Cl2O4S. The summed E-state index contributed by atoms with van der Waals surface area (Å²) in [5.74, 6) is -2.13. The Kier molecular flexibility index (Phi) is 5.24. The van der Waals surface area contributed by atoms with Gasteiger partial charge in [-0.25, -0.2) is 4.79 Å². The summed E-state index contributed by atoms with van der Waals surface area (Å²) in [7, 11) is -2.51. The first kappa shape index (κ1) is 16.5. The molecule has 7 heteroatoms. The molecule has 1 unspecified atom stereocenters. The Labute approximate surface area is 138 Å². The summed E-state index contributed by atoms with van der Waals surface area (Å²) in [6.45, 7) is 0. The van der Waals surface area contributed by atoms with E-state index in [9.17, 15) is 18.3 Å². The van der Waals surface area contributed by atoms with Crippen molar-refractivity contribution >= 4 is 49.9 Å². The molecule has 4 nitrogen and oxygen atoms in total. The molecule has 0 bridgehead atoms. The molecule has 0 saturated carbocycles. The number of carbonyl (C=O) groups is 1. The van der Waals surface area contributed by atoms with Crippen LogP contribution in [0.5, 0.6) is 0 Å². The minimum atomic E-state index is -2.51. The second-order valence-corrected chi connectivity index (χ2v) is 6.12. The van der Waals surface area contributed by atoms with Crippen molar-refractivity contribution in [2.24, 2.45) is 5.92 Å². The maximum atomic E-state index is 11.6. The van der Waals surface area contributed by atoms with Gasteiger partial charge in [0.05, 0.1) is 16.4 Å². The van der Waals surface area contributed by atoms with Gasteiger partial charge in [-0.2, -0.15) is 8.42 Å². The number of halogens is 2. The van der Waals surface area contributed by atoms with Gasteiger partial charge in [-0.15, -0.1) is 0 Å². The van der Waals surface area contributed by atoms with Gasteiger partial charge in [-0.3, -0.25) is 0 Å². The average Bonchev–Trinajstić information content (AvgIpc) is 2.49. The largest absolute Gasteiger partial charge is 0.478 e. The normalized spacial score (nSPS) is 18.1. The van der Waals surface area contributed by atoms with Gasteiger partial charge in [-0.1, -0.05) is 59.6 Å². The van der Waals surface area contributed by atoms with Crippen molar-refractivity contribution < 1.29 is 18.3 Å². The Bertz CT molecular complexity index is 840. The lowest BCUT2D eigenvalue weighted by Crippen LogP contribution is -2.16. The number of benzene rings is 1. The summed E-state index contributed by atoms with van der Waals surface area (Å²) in [6, 6.07) is 6.34. The number of rotatable bonds is 3. The van der Waals surface area contributed by atoms with Gasteiger partial charge in [0.25, 0.3) is 0 Å². The van der Waals surface area contributed by atoms with Crippen LogP contribution < -0.4 is 0 Å². The highest BCUT2D eigenvalue weighted by molar-refractivity contribution is 7.73. The molecule has 114 valence electrons. The monoisotopic (exact) mass is 356 g/mol. The Morgan fingerprint density at radius 1 is 1.18 bits per heavy atom. The molecule has 0 heterocycles. The first-order valence-corrected chi connectivity index (χ1v) is 7.95. The van der Waals surface area contributed by atoms with E-state index in [1.165, 1.54) is 24.3 Å². The minimum absolute atomic E-state index is 0.00157. The number of aliphatic carboxylic acids is 1. The molecular weight excluding hydrogens is 347 g/mol. The molecule has 1 aromatic rings. The van der Waals surface area contributed by atoms with Crippen molar-refractivity contribution in [3.05, 3.63) is 64.2 Å². The smallest absolute Gasteiger partial charge is 0.337 e. The topological polar surface area (TPSA) is 71.4 Å². The van der Waals surface area contributed by atoms with Gasteiger partial charge in [0.2, 0.25) is 10.3 Å². The highest BCUT2D eigenvalue weighted by atomic mass is 35.5. The second-order valence-electron chi connectivity index (χ2n) is 4.37. The van der Waals surface area contributed by atoms with E-state index in [1.54, 1.807) is 24.3 Å². The Morgan fingerprint density at radius 3 is 2.45 bits per heavy atom.